The molecule has 0 atom stereocenters. The number of aryl methyl sites for hydroxylation is 1. The number of hydrogen-bond donors (Lipinski definition) is 1. The molecule has 102 valence electrons. The summed E-state index contributed by atoms with van der Waals surface area (Å²) in [7, 11) is 0. The fraction of sp³-hybridized carbons (Fsp3) is 0.600. The van der Waals surface area contributed by atoms with Gasteiger partial charge < -0.3 is 5.73 Å². The Morgan fingerprint density at radius 1 is 1.33 bits per heavy atom. The molecular weight excluding hydrogens is 227 g/mol. The van der Waals surface area contributed by atoms with E-state index in [9.17, 15) is 4.39 Å². The molecule has 0 aliphatic rings. The monoisotopic (exact) mass is 252 g/mol. The SMILES string of the molecule is CCN(Cc1ccc(C)c(F)c1)CC(C)(C)CN. The van der Waals surface area contributed by atoms with Crippen molar-refractivity contribution in [1.82, 2.24) is 4.90 Å². The molecule has 0 spiro atoms. The number of nitrogens with two attached hydrogens (primary N) is 1. The smallest absolute Gasteiger partial charge is 0.126 e. The van der Waals surface area contributed by atoms with Gasteiger partial charge in [-0.1, -0.05) is 32.9 Å². The number of hydrogen-bond acceptors (Lipinski definition) is 2. The molecule has 1 rings (SSSR count). The van der Waals surface area contributed by atoms with E-state index in [1.165, 1.54) is 0 Å². The first-order chi connectivity index (χ1) is 8.38. The van der Waals surface area contributed by atoms with Crippen LogP contribution in [-0.4, -0.2) is 24.5 Å². The first-order valence-electron chi connectivity index (χ1n) is 6.55. The Morgan fingerprint density at radius 3 is 2.50 bits per heavy atom. The maximum absolute atomic E-state index is 13.5. The summed E-state index contributed by atoms with van der Waals surface area (Å²) in [5.41, 5.74) is 7.58. The van der Waals surface area contributed by atoms with Crippen molar-refractivity contribution in [3.63, 3.8) is 0 Å². The fourth-order valence-electron chi connectivity index (χ4n) is 1.94. The predicted molar refractivity (Wildman–Crippen MR) is 74.9 cm³/mol. The van der Waals surface area contributed by atoms with Gasteiger partial charge in [-0.25, -0.2) is 4.39 Å². The Labute approximate surface area is 110 Å². The zero-order valence-electron chi connectivity index (χ0n) is 12.0. The Hall–Kier alpha value is -0.930. The van der Waals surface area contributed by atoms with Crippen LogP contribution >= 0.6 is 0 Å². The van der Waals surface area contributed by atoms with E-state index in [1.54, 1.807) is 13.0 Å². The molecule has 3 heteroatoms. The summed E-state index contributed by atoms with van der Waals surface area (Å²) in [4.78, 5) is 2.30. The third-order valence-electron chi connectivity index (χ3n) is 3.29. The minimum Gasteiger partial charge on any atom is -0.330 e. The molecule has 0 aliphatic carbocycles. The second kappa shape index (κ2) is 6.30. The highest BCUT2D eigenvalue weighted by atomic mass is 19.1. The summed E-state index contributed by atoms with van der Waals surface area (Å²) in [5.74, 6) is -0.123. The fourth-order valence-corrected chi connectivity index (χ4v) is 1.94. The van der Waals surface area contributed by atoms with Gasteiger partial charge in [-0.3, -0.25) is 4.90 Å². The van der Waals surface area contributed by atoms with Crippen LogP contribution in [0.25, 0.3) is 0 Å². The van der Waals surface area contributed by atoms with Crippen LogP contribution in [0.3, 0.4) is 0 Å². The van der Waals surface area contributed by atoms with E-state index in [2.05, 4.69) is 25.7 Å². The quantitative estimate of drug-likeness (QED) is 0.843. The van der Waals surface area contributed by atoms with E-state index in [0.29, 0.717) is 12.1 Å². The first-order valence-corrected chi connectivity index (χ1v) is 6.55. The highest BCUT2D eigenvalue weighted by molar-refractivity contribution is 5.23. The summed E-state index contributed by atoms with van der Waals surface area (Å²) >= 11 is 0. The maximum atomic E-state index is 13.5. The predicted octanol–water partition coefficient (Wildman–Crippen LogP) is 2.94. The second-order valence-corrected chi connectivity index (χ2v) is 5.76. The van der Waals surface area contributed by atoms with Gasteiger partial charge in [0.15, 0.2) is 0 Å². The van der Waals surface area contributed by atoms with Gasteiger partial charge in [0.1, 0.15) is 5.82 Å². The van der Waals surface area contributed by atoms with Gasteiger partial charge in [0.25, 0.3) is 0 Å². The van der Waals surface area contributed by atoms with Crippen molar-refractivity contribution in [3.8, 4) is 0 Å². The van der Waals surface area contributed by atoms with Gasteiger partial charge in [0.2, 0.25) is 0 Å². The maximum Gasteiger partial charge on any atom is 0.126 e. The number of nitrogens with zero attached hydrogens (tertiary/aromatic N) is 1. The van der Waals surface area contributed by atoms with E-state index in [1.807, 2.05) is 12.1 Å². The topological polar surface area (TPSA) is 29.3 Å². The van der Waals surface area contributed by atoms with Crippen molar-refractivity contribution in [2.75, 3.05) is 19.6 Å². The third kappa shape index (κ3) is 4.39. The van der Waals surface area contributed by atoms with Crippen LogP contribution in [0.1, 0.15) is 31.9 Å². The molecule has 0 saturated carbocycles. The van der Waals surface area contributed by atoms with Gasteiger partial charge in [-0.2, -0.15) is 0 Å². The molecule has 1 aromatic carbocycles. The molecule has 0 fully saturated rings. The highest BCUT2D eigenvalue weighted by Gasteiger charge is 2.19. The lowest BCUT2D eigenvalue weighted by atomic mass is 9.93. The van der Waals surface area contributed by atoms with E-state index in [-0.39, 0.29) is 11.2 Å². The largest absolute Gasteiger partial charge is 0.330 e. The summed E-state index contributed by atoms with van der Waals surface area (Å²) in [6.45, 7) is 11.5. The van der Waals surface area contributed by atoms with Crippen LogP contribution in [0.5, 0.6) is 0 Å². The lowest BCUT2D eigenvalue weighted by Crippen LogP contribution is -2.38. The number of rotatable bonds is 6. The van der Waals surface area contributed by atoms with Gasteiger partial charge in [-0.05, 0) is 42.6 Å². The molecule has 0 heterocycles. The first kappa shape index (κ1) is 15.1. The van der Waals surface area contributed by atoms with E-state index >= 15 is 0 Å². The highest BCUT2D eigenvalue weighted by Crippen LogP contribution is 2.17. The van der Waals surface area contributed by atoms with Crippen LogP contribution in [0, 0.1) is 18.2 Å². The second-order valence-electron chi connectivity index (χ2n) is 5.76. The van der Waals surface area contributed by atoms with Gasteiger partial charge in [0.05, 0.1) is 0 Å². The zero-order valence-corrected chi connectivity index (χ0v) is 12.0. The molecule has 0 radical (unpaired) electrons. The van der Waals surface area contributed by atoms with Crippen LogP contribution in [-0.2, 0) is 6.54 Å². The lowest BCUT2D eigenvalue weighted by molar-refractivity contribution is 0.183. The molecule has 0 amide bonds. The van der Waals surface area contributed by atoms with Gasteiger partial charge >= 0.3 is 0 Å². The van der Waals surface area contributed by atoms with Crippen molar-refractivity contribution in [3.05, 3.63) is 35.1 Å². The summed E-state index contributed by atoms with van der Waals surface area (Å²) in [6.07, 6.45) is 0. The molecule has 18 heavy (non-hydrogen) atoms. The molecular formula is C15H25FN2. The van der Waals surface area contributed by atoms with Crippen molar-refractivity contribution in [2.45, 2.75) is 34.2 Å². The Bertz CT molecular complexity index is 388. The van der Waals surface area contributed by atoms with Crippen LogP contribution < -0.4 is 5.73 Å². The molecule has 0 aromatic heterocycles. The third-order valence-corrected chi connectivity index (χ3v) is 3.29. The molecule has 2 N–H and O–H groups in total. The molecule has 1 aromatic rings. The normalized spacial score (nSPS) is 12.2. The van der Waals surface area contributed by atoms with Crippen LogP contribution in [0.15, 0.2) is 18.2 Å². The summed E-state index contributed by atoms with van der Waals surface area (Å²) in [6, 6.07) is 5.47. The Kier molecular flexibility index (Phi) is 5.29. The van der Waals surface area contributed by atoms with E-state index < -0.39 is 0 Å². The van der Waals surface area contributed by atoms with Crippen LogP contribution in [0.2, 0.25) is 0 Å². The number of halogens is 1. The minimum atomic E-state index is -0.123. The Morgan fingerprint density at radius 2 is 2.00 bits per heavy atom. The van der Waals surface area contributed by atoms with Crippen molar-refractivity contribution >= 4 is 0 Å². The van der Waals surface area contributed by atoms with E-state index in [0.717, 1.165) is 25.2 Å². The molecule has 2 nitrogen and oxygen atoms in total. The summed E-state index contributed by atoms with van der Waals surface area (Å²) < 4.78 is 13.5. The molecule has 0 unspecified atom stereocenters. The minimum absolute atomic E-state index is 0.0965. The zero-order chi connectivity index (χ0) is 13.8. The average molecular weight is 252 g/mol. The molecule has 0 aliphatic heterocycles. The van der Waals surface area contributed by atoms with Crippen molar-refractivity contribution in [1.29, 1.82) is 0 Å². The summed E-state index contributed by atoms with van der Waals surface area (Å²) in [5, 5.41) is 0. The van der Waals surface area contributed by atoms with Gasteiger partial charge in [-0.15, -0.1) is 0 Å². The number of benzene rings is 1. The van der Waals surface area contributed by atoms with Crippen molar-refractivity contribution < 1.29 is 4.39 Å². The van der Waals surface area contributed by atoms with E-state index in [4.69, 9.17) is 5.73 Å². The average Bonchev–Trinajstić information content (AvgIpc) is 2.33. The Balaban J connectivity index is 2.71. The molecule has 0 saturated heterocycles. The molecule has 0 bridgehead atoms. The lowest BCUT2D eigenvalue weighted by Gasteiger charge is -2.31. The standard InChI is InChI=1S/C15H25FN2/c1-5-18(11-15(3,4)10-17)9-13-7-6-12(2)14(16)8-13/h6-8H,5,9-11,17H2,1-4H3. The van der Waals surface area contributed by atoms with Gasteiger partial charge in [0, 0.05) is 13.1 Å². The van der Waals surface area contributed by atoms with Crippen LogP contribution in [0.4, 0.5) is 4.39 Å². The van der Waals surface area contributed by atoms with Crippen molar-refractivity contribution in [2.24, 2.45) is 11.1 Å².